The van der Waals surface area contributed by atoms with Crippen LogP contribution in [-0.2, 0) is 0 Å². The average Bonchev–Trinajstić information content (AvgIpc) is 3.14. The van der Waals surface area contributed by atoms with Gasteiger partial charge in [-0.1, -0.05) is 18.2 Å². The monoisotopic (exact) mass is 340 g/mol. The summed E-state index contributed by atoms with van der Waals surface area (Å²) in [6.45, 7) is 3.59. The lowest BCUT2D eigenvalue weighted by atomic mass is 10.1. The standard InChI is InChI=1S/C17H16N4O4/c1-10(2)21-17(24)13-6-4-3-5-12(13)14(20-21)16(23)19-18-15(22)11-7-8-25-9-11/h3-10H,1-2H3,(H,18,22)(H,19,23). The van der Waals surface area contributed by atoms with Gasteiger partial charge in [-0.15, -0.1) is 0 Å². The molecule has 0 aliphatic carbocycles. The van der Waals surface area contributed by atoms with E-state index in [1.807, 2.05) is 0 Å². The van der Waals surface area contributed by atoms with E-state index in [2.05, 4.69) is 16.0 Å². The molecular weight excluding hydrogens is 324 g/mol. The third-order valence-electron chi connectivity index (χ3n) is 3.61. The summed E-state index contributed by atoms with van der Waals surface area (Å²) in [4.78, 5) is 36.8. The normalized spacial score (nSPS) is 10.8. The number of hydrogen-bond acceptors (Lipinski definition) is 5. The van der Waals surface area contributed by atoms with E-state index in [4.69, 9.17) is 4.42 Å². The molecule has 0 aliphatic heterocycles. The van der Waals surface area contributed by atoms with Crippen LogP contribution in [0.15, 0.2) is 52.1 Å². The molecule has 0 unspecified atom stereocenters. The molecule has 2 amide bonds. The zero-order valence-electron chi connectivity index (χ0n) is 13.6. The molecular formula is C17H16N4O4. The maximum absolute atomic E-state index is 12.5. The second-order valence-corrected chi connectivity index (χ2v) is 5.66. The summed E-state index contributed by atoms with van der Waals surface area (Å²) in [6, 6.07) is 7.96. The Labute approximate surface area is 142 Å². The molecule has 0 spiro atoms. The van der Waals surface area contributed by atoms with E-state index >= 15 is 0 Å². The molecule has 0 saturated carbocycles. The number of benzene rings is 1. The molecule has 2 N–H and O–H groups in total. The SMILES string of the molecule is CC(C)n1nc(C(=O)NNC(=O)c2ccoc2)c2ccccc2c1=O. The second kappa shape index (κ2) is 6.60. The summed E-state index contributed by atoms with van der Waals surface area (Å²) in [5.41, 5.74) is 4.64. The third kappa shape index (κ3) is 3.14. The van der Waals surface area contributed by atoms with Crippen LogP contribution in [0.2, 0.25) is 0 Å². The van der Waals surface area contributed by atoms with Gasteiger partial charge in [0, 0.05) is 5.39 Å². The largest absolute Gasteiger partial charge is 0.472 e. The number of hydrazine groups is 1. The van der Waals surface area contributed by atoms with Crippen LogP contribution >= 0.6 is 0 Å². The number of fused-ring (bicyclic) bond motifs is 1. The van der Waals surface area contributed by atoms with E-state index in [1.165, 1.54) is 23.3 Å². The van der Waals surface area contributed by atoms with E-state index in [0.717, 1.165) is 0 Å². The van der Waals surface area contributed by atoms with Crippen molar-refractivity contribution >= 4 is 22.6 Å². The van der Waals surface area contributed by atoms with Gasteiger partial charge in [-0.25, -0.2) is 4.68 Å². The van der Waals surface area contributed by atoms with Crippen LogP contribution in [0.3, 0.4) is 0 Å². The molecule has 8 heteroatoms. The maximum Gasteiger partial charge on any atom is 0.290 e. The lowest BCUT2D eigenvalue weighted by Gasteiger charge is -2.13. The first-order chi connectivity index (χ1) is 12.0. The topological polar surface area (TPSA) is 106 Å². The number of carbonyl (C=O) groups is 2. The van der Waals surface area contributed by atoms with Crippen molar-refractivity contribution in [2.75, 3.05) is 0 Å². The molecule has 2 aromatic heterocycles. The van der Waals surface area contributed by atoms with Crippen molar-refractivity contribution in [3.63, 3.8) is 0 Å². The van der Waals surface area contributed by atoms with Crippen molar-refractivity contribution < 1.29 is 14.0 Å². The van der Waals surface area contributed by atoms with Gasteiger partial charge in [0.25, 0.3) is 17.4 Å². The number of hydrogen-bond donors (Lipinski definition) is 2. The predicted molar refractivity (Wildman–Crippen MR) is 90.0 cm³/mol. The number of aromatic nitrogens is 2. The van der Waals surface area contributed by atoms with Gasteiger partial charge >= 0.3 is 0 Å². The molecule has 0 aliphatic rings. The van der Waals surface area contributed by atoms with E-state index in [1.54, 1.807) is 38.1 Å². The summed E-state index contributed by atoms with van der Waals surface area (Å²) in [5.74, 6) is -1.15. The van der Waals surface area contributed by atoms with Gasteiger partial charge in [-0.3, -0.25) is 25.2 Å². The fourth-order valence-corrected chi connectivity index (χ4v) is 2.36. The molecule has 0 bridgehead atoms. The van der Waals surface area contributed by atoms with Crippen LogP contribution in [-0.4, -0.2) is 21.6 Å². The van der Waals surface area contributed by atoms with Crippen LogP contribution in [0.25, 0.3) is 10.8 Å². The second-order valence-electron chi connectivity index (χ2n) is 5.66. The van der Waals surface area contributed by atoms with Crippen molar-refractivity contribution in [2.45, 2.75) is 19.9 Å². The summed E-state index contributed by atoms with van der Waals surface area (Å²) in [6.07, 6.45) is 2.61. The summed E-state index contributed by atoms with van der Waals surface area (Å²) >= 11 is 0. The van der Waals surface area contributed by atoms with Crippen LogP contribution in [0.4, 0.5) is 0 Å². The van der Waals surface area contributed by atoms with Gasteiger partial charge in [0.2, 0.25) is 0 Å². The molecule has 0 saturated heterocycles. The number of furan rings is 1. The highest BCUT2D eigenvalue weighted by molar-refractivity contribution is 6.05. The number of amides is 2. The average molecular weight is 340 g/mol. The van der Waals surface area contributed by atoms with E-state index < -0.39 is 11.8 Å². The minimum atomic E-state index is -0.623. The van der Waals surface area contributed by atoms with Crippen LogP contribution in [0.1, 0.15) is 40.7 Å². The van der Waals surface area contributed by atoms with Crippen LogP contribution in [0, 0.1) is 0 Å². The Morgan fingerprint density at radius 2 is 1.76 bits per heavy atom. The Morgan fingerprint density at radius 3 is 2.40 bits per heavy atom. The zero-order valence-corrected chi connectivity index (χ0v) is 13.6. The van der Waals surface area contributed by atoms with Gasteiger partial charge in [-0.05, 0) is 26.0 Å². The van der Waals surface area contributed by atoms with Gasteiger partial charge in [0.15, 0.2) is 5.69 Å². The smallest absolute Gasteiger partial charge is 0.290 e. The van der Waals surface area contributed by atoms with Gasteiger partial charge in [0.05, 0.1) is 23.3 Å². The highest BCUT2D eigenvalue weighted by Crippen LogP contribution is 2.14. The van der Waals surface area contributed by atoms with Crippen molar-refractivity contribution in [1.29, 1.82) is 0 Å². The van der Waals surface area contributed by atoms with Crippen LogP contribution < -0.4 is 16.4 Å². The molecule has 1 aromatic carbocycles. The summed E-state index contributed by atoms with van der Waals surface area (Å²) in [7, 11) is 0. The summed E-state index contributed by atoms with van der Waals surface area (Å²) in [5, 5.41) is 4.97. The quantitative estimate of drug-likeness (QED) is 0.705. The molecule has 3 aromatic rings. The minimum Gasteiger partial charge on any atom is -0.472 e. The fourth-order valence-electron chi connectivity index (χ4n) is 2.36. The Kier molecular flexibility index (Phi) is 4.34. The number of carbonyl (C=O) groups excluding carboxylic acids is 2. The number of nitrogens with one attached hydrogen (secondary N) is 2. The molecule has 8 nitrogen and oxygen atoms in total. The summed E-state index contributed by atoms with van der Waals surface area (Å²) < 4.78 is 6.06. The first kappa shape index (κ1) is 16.4. The van der Waals surface area contributed by atoms with Crippen LogP contribution in [0.5, 0.6) is 0 Å². The molecule has 0 fully saturated rings. The highest BCUT2D eigenvalue weighted by Gasteiger charge is 2.18. The number of rotatable bonds is 3. The third-order valence-corrected chi connectivity index (χ3v) is 3.61. The van der Waals surface area contributed by atoms with E-state index in [9.17, 15) is 14.4 Å². The van der Waals surface area contributed by atoms with Crippen molar-refractivity contribution in [2.24, 2.45) is 0 Å². The van der Waals surface area contributed by atoms with Gasteiger partial charge in [0.1, 0.15) is 6.26 Å². The molecule has 128 valence electrons. The van der Waals surface area contributed by atoms with Crippen molar-refractivity contribution in [1.82, 2.24) is 20.6 Å². The zero-order chi connectivity index (χ0) is 18.0. The molecule has 3 rings (SSSR count). The predicted octanol–water partition coefficient (Wildman–Crippen LogP) is 1.65. The minimum absolute atomic E-state index is 0.0522. The molecule has 0 atom stereocenters. The van der Waals surface area contributed by atoms with Gasteiger partial charge in [-0.2, -0.15) is 5.10 Å². The molecule has 25 heavy (non-hydrogen) atoms. The molecule has 0 radical (unpaired) electrons. The van der Waals surface area contributed by atoms with E-state index in [0.29, 0.717) is 10.8 Å². The van der Waals surface area contributed by atoms with Crippen molar-refractivity contribution in [3.8, 4) is 0 Å². The maximum atomic E-state index is 12.5. The highest BCUT2D eigenvalue weighted by atomic mass is 16.3. The van der Waals surface area contributed by atoms with Gasteiger partial charge < -0.3 is 4.42 Å². The fraction of sp³-hybridized carbons (Fsp3) is 0.176. The van der Waals surface area contributed by atoms with Crippen molar-refractivity contribution in [3.05, 3.63) is 64.5 Å². The number of nitrogens with zero attached hydrogens (tertiary/aromatic N) is 2. The Morgan fingerprint density at radius 1 is 1.08 bits per heavy atom. The first-order valence-corrected chi connectivity index (χ1v) is 7.63. The Balaban J connectivity index is 1.94. The first-order valence-electron chi connectivity index (χ1n) is 7.63. The lowest BCUT2D eigenvalue weighted by molar-refractivity contribution is 0.0843. The van der Waals surface area contributed by atoms with E-state index in [-0.39, 0.29) is 22.9 Å². The Hall–Kier alpha value is -3.42. The molecule has 2 heterocycles. The Bertz CT molecular complexity index is 990. The lowest BCUT2D eigenvalue weighted by Crippen LogP contribution is -2.42.